The van der Waals surface area contributed by atoms with Gasteiger partial charge in [-0.1, -0.05) is 18.2 Å². The van der Waals surface area contributed by atoms with Crippen molar-refractivity contribution in [3.05, 3.63) is 47.3 Å². The van der Waals surface area contributed by atoms with E-state index in [0.717, 1.165) is 16.8 Å². The highest BCUT2D eigenvalue weighted by Gasteiger charge is 2.21. The van der Waals surface area contributed by atoms with Gasteiger partial charge in [0, 0.05) is 11.9 Å². The number of carbonyl (C=O) groups is 2. The summed E-state index contributed by atoms with van der Waals surface area (Å²) in [6, 6.07) is 6.32. The molecule has 1 aromatic heterocycles. The van der Waals surface area contributed by atoms with E-state index in [-0.39, 0.29) is 11.6 Å². The first kappa shape index (κ1) is 14.8. The number of anilines is 1. The van der Waals surface area contributed by atoms with E-state index in [1.165, 1.54) is 23.9 Å². The van der Waals surface area contributed by atoms with Crippen LogP contribution >= 0.6 is 0 Å². The molecule has 2 rings (SSSR count). The number of hydrogen-bond donors (Lipinski definition) is 2. The SMILES string of the molecule is Cc1cccc(C)c1NC(=O)c1ccnn1C(C)C(=O)O. The molecule has 1 heterocycles. The van der Waals surface area contributed by atoms with Gasteiger partial charge in [0.25, 0.3) is 5.91 Å². The van der Waals surface area contributed by atoms with Gasteiger partial charge in [0.2, 0.25) is 0 Å². The number of aromatic nitrogens is 2. The molecule has 0 aliphatic rings. The number of benzene rings is 1. The summed E-state index contributed by atoms with van der Waals surface area (Å²) in [6.45, 7) is 5.28. The molecule has 0 aliphatic carbocycles. The topological polar surface area (TPSA) is 84.2 Å². The van der Waals surface area contributed by atoms with E-state index in [0.29, 0.717) is 0 Å². The fourth-order valence-electron chi connectivity index (χ4n) is 2.10. The minimum Gasteiger partial charge on any atom is -0.480 e. The van der Waals surface area contributed by atoms with Gasteiger partial charge in [0.05, 0.1) is 0 Å². The molecule has 1 amide bonds. The molecular weight excluding hydrogens is 270 g/mol. The summed E-state index contributed by atoms with van der Waals surface area (Å²) in [5.41, 5.74) is 2.84. The van der Waals surface area contributed by atoms with Crippen molar-refractivity contribution in [2.75, 3.05) is 5.32 Å². The highest BCUT2D eigenvalue weighted by atomic mass is 16.4. The van der Waals surface area contributed by atoms with Crippen molar-refractivity contribution in [2.45, 2.75) is 26.8 Å². The number of rotatable bonds is 4. The first-order chi connectivity index (χ1) is 9.91. The van der Waals surface area contributed by atoms with Crippen molar-refractivity contribution >= 4 is 17.6 Å². The van der Waals surface area contributed by atoms with Crippen LogP contribution in [-0.2, 0) is 4.79 Å². The monoisotopic (exact) mass is 287 g/mol. The average Bonchev–Trinajstić information content (AvgIpc) is 2.91. The molecule has 110 valence electrons. The Hall–Kier alpha value is -2.63. The number of amides is 1. The third kappa shape index (κ3) is 2.94. The van der Waals surface area contributed by atoms with Crippen molar-refractivity contribution in [1.82, 2.24) is 9.78 Å². The number of carbonyl (C=O) groups excluding carboxylic acids is 1. The number of para-hydroxylation sites is 1. The Bertz CT molecular complexity index is 671. The van der Waals surface area contributed by atoms with Crippen LogP contribution in [0.15, 0.2) is 30.5 Å². The number of carboxylic acids is 1. The third-order valence-electron chi connectivity index (χ3n) is 3.35. The Morgan fingerprint density at radius 2 is 1.86 bits per heavy atom. The zero-order valence-corrected chi connectivity index (χ0v) is 12.1. The zero-order chi connectivity index (χ0) is 15.6. The highest BCUT2D eigenvalue weighted by molar-refractivity contribution is 6.04. The molecule has 1 atom stereocenters. The van der Waals surface area contributed by atoms with Gasteiger partial charge in [0.1, 0.15) is 11.7 Å². The van der Waals surface area contributed by atoms with Gasteiger partial charge in [0.15, 0.2) is 0 Å². The molecule has 6 heteroatoms. The van der Waals surface area contributed by atoms with E-state index in [1.807, 2.05) is 32.0 Å². The number of hydrogen-bond acceptors (Lipinski definition) is 3. The maximum absolute atomic E-state index is 12.4. The zero-order valence-electron chi connectivity index (χ0n) is 12.1. The van der Waals surface area contributed by atoms with E-state index in [4.69, 9.17) is 5.11 Å². The van der Waals surface area contributed by atoms with Crippen LogP contribution in [0.5, 0.6) is 0 Å². The van der Waals surface area contributed by atoms with Crippen LogP contribution in [0.4, 0.5) is 5.69 Å². The number of carboxylic acid groups (broad SMARTS) is 1. The van der Waals surface area contributed by atoms with Crippen LogP contribution in [0.3, 0.4) is 0 Å². The molecule has 0 spiro atoms. The Morgan fingerprint density at radius 1 is 1.24 bits per heavy atom. The standard InChI is InChI=1S/C15H17N3O3/c1-9-5-4-6-10(2)13(9)17-14(19)12-7-8-16-18(12)11(3)15(20)21/h4-8,11H,1-3H3,(H,17,19)(H,20,21). The van der Waals surface area contributed by atoms with Crippen LogP contribution in [0.1, 0.15) is 34.6 Å². The van der Waals surface area contributed by atoms with Gasteiger partial charge in [-0.25, -0.2) is 9.48 Å². The summed E-state index contributed by atoms with van der Waals surface area (Å²) < 4.78 is 1.20. The molecular formula is C15H17N3O3. The molecule has 0 bridgehead atoms. The van der Waals surface area contributed by atoms with Crippen LogP contribution in [-0.4, -0.2) is 26.8 Å². The molecule has 0 radical (unpaired) electrons. The number of aryl methyl sites for hydroxylation is 2. The molecule has 1 aromatic carbocycles. The quantitative estimate of drug-likeness (QED) is 0.904. The van der Waals surface area contributed by atoms with Crippen molar-refractivity contribution in [3.63, 3.8) is 0 Å². The van der Waals surface area contributed by atoms with Crippen LogP contribution in [0.2, 0.25) is 0 Å². The molecule has 0 saturated heterocycles. The Morgan fingerprint density at radius 3 is 2.43 bits per heavy atom. The smallest absolute Gasteiger partial charge is 0.328 e. The molecule has 0 saturated carbocycles. The fraction of sp³-hybridized carbons (Fsp3) is 0.267. The largest absolute Gasteiger partial charge is 0.480 e. The van der Waals surface area contributed by atoms with Crippen molar-refractivity contribution in [1.29, 1.82) is 0 Å². The molecule has 0 fully saturated rings. The van der Waals surface area contributed by atoms with Crippen molar-refractivity contribution in [2.24, 2.45) is 0 Å². The molecule has 2 N–H and O–H groups in total. The van der Waals surface area contributed by atoms with E-state index < -0.39 is 12.0 Å². The van der Waals surface area contributed by atoms with Gasteiger partial charge < -0.3 is 10.4 Å². The van der Waals surface area contributed by atoms with Gasteiger partial charge in [-0.2, -0.15) is 5.10 Å². The lowest BCUT2D eigenvalue weighted by Gasteiger charge is -2.14. The normalized spacial score (nSPS) is 12.0. The van der Waals surface area contributed by atoms with Crippen LogP contribution in [0.25, 0.3) is 0 Å². The first-order valence-corrected chi connectivity index (χ1v) is 6.55. The van der Waals surface area contributed by atoms with Gasteiger partial charge in [-0.05, 0) is 38.0 Å². The summed E-state index contributed by atoms with van der Waals surface area (Å²) in [5, 5.41) is 15.8. The molecule has 6 nitrogen and oxygen atoms in total. The summed E-state index contributed by atoms with van der Waals surface area (Å²) in [6.07, 6.45) is 1.42. The van der Waals surface area contributed by atoms with E-state index in [1.54, 1.807) is 0 Å². The Balaban J connectivity index is 2.30. The van der Waals surface area contributed by atoms with Crippen molar-refractivity contribution < 1.29 is 14.7 Å². The van der Waals surface area contributed by atoms with Crippen LogP contribution < -0.4 is 5.32 Å². The third-order valence-corrected chi connectivity index (χ3v) is 3.35. The minimum atomic E-state index is -1.04. The maximum Gasteiger partial charge on any atom is 0.328 e. The summed E-state index contributed by atoms with van der Waals surface area (Å²) in [5.74, 6) is -1.42. The minimum absolute atomic E-state index is 0.215. The lowest BCUT2D eigenvalue weighted by atomic mass is 10.1. The van der Waals surface area contributed by atoms with Gasteiger partial charge in [-0.15, -0.1) is 0 Å². The van der Waals surface area contributed by atoms with Gasteiger partial charge in [-0.3, -0.25) is 4.79 Å². The highest BCUT2D eigenvalue weighted by Crippen LogP contribution is 2.20. The number of nitrogens with zero attached hydrogens (tertiary/aromatic N) is 2. The Kier molecular flexibility index (Phi) is 4.07. The van der Waals surface area contributed by atoms with Crippen molar-refractivity contribution in [3.8, 4) is 0 Å². The molecule has 1 unspecified atom stereocenters. The second kappa shape index (κ2) is 5.78. The summed E-state index contributed by atoms with van der Waals surface area (Å²) in [4.78, 5) is 23.4. The molecule has 0 aliphatic heterocycles. The molecule has 21 heavy (non-hydrogen) atoms. The van der Waals surface area contributed by atoms with E-state index in [2.05, 4.69) is 10.4 Å². The summed E-state index contributed by atoms with van der Waals surface area (Å²) >= 11 is 0. The van der Waals surface area contributed by atoms with E-state index in [9.17, 15) is 9.59 Å². The average molecular weight is 287 g/mol. The maximum atomic E-state index is 12.4. The Labute approximate surface area is 122 Å². The lowest BCUT2D eigenvalue weighted by molar-refractivity contribution is -0.140. The second-order valence-electron chi connectivity index (χ2n) is 4.90. The predicted molar refractivity (Wildman–Crippen MR) is 78.4 cm³/mol. The summed E-state index contributed by atoms with van der Waals surface area (Å²) in [7, 11) is 0. The lowest BCUT2D eigenvalue weighted by Crippen LogP contribution is -2.24. The first-order valence-electron chi connectivity index (χ1n) is 6.55. The molecule has 2 aromatic rings. The van der Waals surface area contributed by atoms with E-state index >= 15 is 0 Å². The predicted octanol–water partition coefficient (Wildman–Crippen LogP) is 2.40. The fourth-order valence-corrected chi connectivity index (χ4v) is 2.10. The van der Waals surface area contributed by atoms with Crippen LogP contribution in [0, 0.1) is 13.8 Å². The second-order valence-corrected chi connectivity index (χ2v) is 4.90. The van der Waals surface area contributed by atoms with Gasteiger partial charge >= 0.3 is 5.97 Å². The number of nitrogens with one attached hydrogen (secondary N) is 1. The number of aliphatic carboxylic acids is 1.